The molecule has 1 amide bonds. The van der Waals surface area contributed by atoms with Gasteiger partial charge < -0.3 is 5.32 Å². The van der Waals surface area contributed by atoms with Crippen molar-refractivity contribution in [2.75, 3.05) is 18.4 Å². The first-order chi connectivity index (χ1) is 11.8. The van der Waals surface area contributed by atoms with E-state index in [4.69, 9.17) is 0 Å². The summed E-state index contributed by atoms with van der Waals surface area (Å²) in [6.45, 7) is 3.63. The number of amides is 1. The van der Waals surface area contributed by atoms with Gasteiger partial charge in [-0.15, -0.1) is 0 Å². The number of sulfonamides is 1. The van der Waals surface area contributed by atoms with Crippen molar-refractivity contribution < 1.29 is 22.0 Å². The number of nitrogens with zero attached hydrogens (tertiary/aromatic N) is 1. The maximum Gasteiger partial charge on any atom is 0.255 e. The molecule has 1 N–H and O–H groups in total. The van der Waals surface area contributed by atoms with E-state index in [-0.39, 0.29) is 24.3 Å². The topological polar surface area (TPSA) is 66.5 Å². The molecule has 0 bridgehead atoms. The Morgan fingerprint density at radius 1 is 1.08 bits per heavy atom. The molecule has 0 fully saturated rings. The van der Waals surface area contributed by atoms with Crippen LogP contribution in [0.25, 0.3) is 0 Å². The van der Waals surface area contributed by atoms with Crippen LogP contribution in [0.1, 0.15) is 24.2 Å². The number of carbonyl (C=O) groups excluding carboxylic acids is 1. The Kier molecular flexibility index (Phi) is 5.86. The molecule has 8 heteroatoms. The van der Waals surface area contributed by atoms with E-state index in [0.717, 1.165) is 22.5 Å². The Labute approximate surface area is 145 Å². The van der Waals surface area contributed by atoms with Gasteiger partial charge in [-0.25, -0.2) is 17.2 Å². The highest BCUT2D eigenvalue weighted by molar-refractivity contribution is 7.89. The van der Waals surface area contributed by atoms with Crippen LogP contribution in [0.5, 0.6) is 0 Å². The van der Waals surface area contributed by atoms with Gasteiger partial charge in [0.05, 0.1) is 0 Å². The zero-order chi connectivity index (χ0) is 18.6. The highest BCUT2D eigenvalue weighted by atomic mass is 32.2. The molecule has 0 aliphatic heterocycles. The summed E-state index contributed by atoms with van der Waals surface area (Å²) in [4.78, 5) is 11.7. The van der Waals surface area contributed by atoms with Gasteiger partial charge in [-0.2, -0.15) is 4.31 Å². The first-order valence-corrected chi connectivity index (χ1v) is 9.10. The highest BCUT2D eigenvalue weighted by Crippen LogP contribution is 2.21. The Hall–Kier alpha value is -2.32. The Morgan fingerprint density at radius 2 is 1.76 bits per heavy atom. The predicted molar refractivity (Wildman–Crippen MR) is 90.9 cm³/mol. The number of carbonyl (C=O) groups is 1. The maximum absolute atomic E-state index is 14.1. The lowest BCUT2D eigenvalue weighted by Gasteiger charge is -2.19. The highest BCUT2D eigenvalue weighted by Gasteiger charge is 2.26. The van der Waals surface area contributed by atoms with Crippen LogP contribution in [0.3, 0.4) is 0 Å². The van der Waals surface area contributed by atoms with Crippen molar-refractivity contribution in [2.24, 2.45) is 0 Å². The summed E-state index contributed by atoms with van der Waals surface area (Å²) in [5.41, 5.74) is 0.166. The number of rotatable bonds is 6. The van der Waals surface area contributed by atoms with E-state index in [1.165, 1.54) is 24.3 Å². The van der Waals surface area contributed by atoms with Crippen molar-refractivity contribution in [3.05, 3.63) is 59.7 Å². The van der Waals surface area contributed by atoms with Gasteiger partial charge in [0.2, 0.25) is 10.0 Å². The molecular weight excluding hydrogens is 350 g/mol. The number of nitrogens with one attached hydrogen (secondary N) is 1. The fourth-order valence-electron chi connectivity index (χ4n) is 2.31. The number of hydrogen-bond acceptors (Lipinski definition) is 3. The van der Waals surface area contributed by atoms with E-state index in [9.17, 15) is 22.0 Å². The summed E-state index contributed by atoms with van der Waals surface area (Å²) in [5.74, 6) is -2.13. The quantitative estimate of drug-likeness (QED) is 0.851. The van der Waals surface area contributed by atoms with Crippen LogP contribution >= 0.6 is 0 Å². The third-order valence-electron chi connectivity index (χ3n) is 3.60. The Bertz CT molecular complexity index is 881. The van der Waals surface area contributed by atoms with E-state index in [1.54, 1.807) is 13.8 Å². The summed E-state index contributed by atoms with van der Waals surface area (Å²) in [7, 11) is -4.05. The molecule has 134 valence electrons. The molecule has 0 saturated carbocycles. The van der Waals surface area contributed by atoms with E-state index < -0.39 is 32.5 Å². The van der Waals surface area contributed by atoms with E-state index in [0.29, 0.717) is 0 Å². The van der Waals surface area contributed by atoms with Gasteiger partial charge in [0.15, 0.2) is 0 Å². The van der Waals surface area contributed by atoms with Gasteiger partial charge in [0.25, 0.3) is 5.91 Å². The second-order valence-corrected chi connectivity index (χ2v) is 7.11. The van der Waals surface area contributed by atoms with Crippen LogP contribution in [0.15, 0.2) is 47.4 Å². The smallest absolute Gasteiger partial charge is 0.255 e. The van der Waals surface area contributed by atoms with Crippen LogP contribution < -0.4 is 5.32 Å². The van der Waals surface area contributed by atoms with Gasteiger partial charge in [-0.05, 0) is 36.4 Å². The lowest BCUT2D eigenvalue weighted by Crippen LogP contribution is -2.31. The zero-order valence-corrected chi connectivity index (χ0v) is 14.6. The van der Waals surface area contributed by atoms with Gasteiger partial charge in [-0.1, -0.05) is 19.9 Å². The predicted octanol–water partition coefficient (Wildman–Crippen LogP) is 3.25. The van der Waals surface area contributed by atoms with Crippen LogP contribution in [0.2, 0.25) is 0 Å². The maximum atomic E-state index is 14.1. The van der Waals surface area contributed by atoms with Crippen molar-refractivity contribution in [3.8, 4) is 0 Å². The minimum atomic E-state index is -4.05. The van der Waals surface area contributed by atoms with Gasteiger partial charge in [-0.3, -0.25) is 4.79 Å². The minimum absolute atomic E-state index is 0.0450. The molecule has 0 unspecified atom stereocenters. The van der Waals surface area contributed by atoms with Crippen molar-refractivity contribution in [3.63, 3.8) is 0 Å². The average molecular weight is 368 g/mol. The van der Waals surface area contributed by atoms with Crippen molar-refractivity contribution in [1.29, 1.82) is 0 Å². The fraction of sp³-hybridized carbons (Fsp3) is 0.235. The Morgan fingerprint density at radius 3 is 2.36 bits per heavy atom. The molecule has 25 heavy (non-hydrogen) atoms. The first kappa shape index (κ1) is 19.0. The molecule has 0 aliphatic rings. The molecular formula is C17H18F2N2O3S. The van der Waals surface area contributed by atoms with Crippen LogP contribution in [0, 0.1) is 11.6 Å². The molecule has 0 atom stereocenters. The zero-order valence-electron chi connectivity index (χ0n) is 13.8. The first-order valence-electron chi connectivity index (χ1n) is 7.66. The third-order valence-corrected chi connectivity index (χ3v) is 5.66. The van der Waals surface area contributed by atoms with Crippen molar-refractivity contribution in [1.82, 2.24) is 4.31 Å². The summed E-state index contributed by atoms with van der Waals surface area (Å²) >= 11 is 0. The SMILES string of the molecule is CCN(CC)S(=O)(=O)c1cc(C(=O)Nc2cccc(F)c2)ccc1F. The molecule has 0 radical (unpaired) electrons. The summed E-state index contributed by atoms with van der Waals surface area (Å²) in [5, 5.41) is 2.44. The lowest BCUT2D eigenvalue weighted by molar-refractivity contribution is 0.102. The number of benzene rings is 2. The van der Waals surface area contributed by atoms with Crippen molar-refractivity contribution >= 4 is 21.6 Å². The summed E-state index contributed by atoms with van der Waals surface area (Å²) in [6.07, 6.45) is 0. The average Bonchev–Trinajstić information content (AvgIpc) is 2.55. The van der Waals surface area contributed by atoms with Crippen LogP contribution in [0.4, 0.5) is 14.5 Å². The fourth-order valence-corrected chi connectivity index (χ4v) is 3.86. The number of halogens is 2. The molecule has 2 aromatic rings. The standard InChI is InChI=1S/C17H18F2N2O3S/c1-3-21(4-2)25(23,24)16-10-12(8-9-15(16)19)17(22)20-14-7-5-6-13(18)11-14/h5-11H,3-4H2,1-2H3,(H,20,22). The number of hydrogen-bond donors (Lipinski definition) is 1. The minimum Gasteiger partial charge on any atom is -0.322 e. The molecule has 0 saturated heterocycles. The largest absolute Gasteiger partial charge is 0.322 e. The third kappa shape index (κ3) is 4.21. The van der Waals surface area contributed by atoms with Gasteiger partial charge in [0, 0.05) is 24.3 Å². The van der Waals surface area contributed by atoms with Crippen LogP contribution in [-0.4, -0.2) is 31.7 Å². The second kappa shape index (κ2) is 7.71. The molecule has 0 spiro atoms. The molecule has 2 aromatic carbocycles. The molecule has 0 aliphatic carbocycles. The molecule has 0 aromatic heterocycles. The summed E-state index contributed by atoms with van der Waals surface area (Å²) < 4.78 is 53.3. The molecule has 0 heterocycles. The summed E-state index contributed by atoms with van der Waals surface area (Å²) in [6, 6.07) is 8.33. The number of anilines is 1. The lowest BCUT2D eigenvalue weighted by atomic mass is 10.2. The monoisotopic (exact) mass is 368 g/mol. The second-order valence-electron chi connectivity index (χ2n) is 5.20. The Balaban J connectivity index is 2.37. The normalized spacial score (nSPS) is 11.6. The van der Waals surface area contributed by atoms with E-state index >= 15 is 0 Å². The van der Waals surface area contributed by atoms with Crippen molar-refractivity contribution in [2.45, 2.75) is 18.7 Å². The molecule has 2 rings (SSSR count). The van der Waals surface area contributed by atoms with Gasteiger partial charge >= 0.3 is 0 Å². The van der Waals surface area contributed by atoms with Crippen LogP contribution in [-0.2, 0) is 10.0 Å². The van der Waals surface area contributed by atoms with E-state index in [2.05, 4.69) is 5.32 Å². The van der Waals surface area contributed by atoms with Gasteiger partial charge in [0.1, 0.15) is 16.5 Å². The van der Waals surface area contributed by atoms with E-state index in [1.807, 2.05) is 0 Å². The molecule has 5 nitrogen and oxygen atoms in total.